The number of rotatable bonds is 4. The summed E-state index contributed by atoms with van der Waals surface area (Å²) in [7, 11) is 0. The minimum absolute atomic E-state index is 0.278. The molecule has 2 atom stereocenters. The number of hydrogen-bond acceptors (Lipinski definition) is 2. The van der Waals surface area contributed by atoms with Gasteiger partial charge in [0.25, 0.3) is 0 Å². The van der Waals surface area contributed by atoms with Crippen LogP contribution in [0.4, 0.5) is 0 Å². The summed E-state index contributed by atoms with van der Waals surface area (Å²) in [5.74, 6) is 0. The molecular formula is C26H38N2. The molecule has 3 rings (SSSR count). The monoisotopic (exact) mass is 378 g/mol. The molecule has 2 nitrogen and oxygen atoms in total. The van der Waals surface area contributed by atoms with E-state index in [9.17, 15) is 0 Å². The van der Waals surface area contributed by atoms with E-state index in [-0.39, 0.29) is 10.8 Å². The molecule has 2 aromatic carbocycles. The molecule has 0 aliphatic carbocycles. The molecule has 0 amide bonds. The second-order valence-corrected chi connectivity index (χ2v) is 10.8. The summed E-state index contributed by atoms with van der Waals surface area (Å²) in [6.45, 7) is 18.5. The van der Waals surface area contributed by atoms with Gasteiger partial charge in [0.15, 0.2) is 0 Å². The van der Waals surface area contributed by atoms with E-state index in [1.165, 1.54) is 11.1 Å². The van der Waals surface area contributed by atoms with Gasteiger partial charge in [0.2, 0.25) is 0 Å². The molecule has 2 aromatic rings. The Morgan fingerprint density at radius 2 is 0.929 bits per heavy atom. The number of hydrogen-bond donors (Lipinski definition) is 0. The van der Waals surface area contributed by atoms with Crippen LogP contribution in [0.5, 0.6) is 0 Å². The van der Waals surface area contributed by atoms with Crippen molar-refractivity contribution in [2.75, 3.05) is 26.2 Å². The highest BCUT2D eigenvalue weighted by molar-refractivity contribution is 5.24. The molecule has 0 bridgehead atoms. The lowest BCUT2D eigenvalue weighted by Crippen LogP contribution is -2.53. The molecule has 0 N–H and O–H groups in total. The molecule has 2 heteroatoms. The summed E-state index contributed by atoms with van der Waals surface area (Å²) < 4.78 is 0. The maximum atomic E-state index is 2.73. The fourth-order valence-corrected chi connectivity index (χ4v) is 4.48. The van der Waals surface area contributed by atoms with Gasteiger partial charge in [-0.3, -0.25) is 9.80 Å². The Balaban J connectivity index is 1.96. The highest BCUT2D eigenvalue weighted by Gasteiger charge is 2.38. The summed E-state index contributed by atoms with van der Waals surface area (Å²) in [6.07, 6.45) is 0. The van der Waals surface area contributed by atoms with E-state index in [0.717, 1.165) is 26.2 Å². The van der Waals surface area contributed by atoms with Crippen LogP contribution in [0.15, 0.2) is 60.7 Å². The van der Waals surface area contributed by atoms with Crippen molar-refractivity contribution in [1.29, 1.82) is 0 Å². The van der Waals surface area contributed by atoms with Crippen LogP contribution in [0, 0.1) is 10.8 Å². The van der Waals surface area contributed by atoms with Crippen molar-refractivity contribution in [3.63, 3.8) is 0 Å². The third kappa shape index (κ3) is 5.68. The van der Waals surface area contributed by atoms with Gasteiger partial charge in [-0.2, -0.15) is 0 Å². The van der Waals surface area contributed by atoms with Crippen LogP contribution in [0.2, 0.25) is 0 Å². The number of benzene rings is 2. The van der Waals surface area contributed by atoms with Gasteiger partial charge < -0.3 is 0 Å². The minimum atomic E-state index is 0.278. The van der Waals surface area contributed by atoms with Crippen molar-refractivity contribution in [2.24, 2.45) is 10.8 Å². The first-order valence-electron chi connectivity index (χ1n) is 10.7. The normalized spacial score (nSPS) is 22.4. The van der Waals surface area contributed by atoms with E-state index in [4.69, 9.17) is 0 Å². The van der Waals surface area contributed by atoms with Gasteiger partial charge in [-0.25, -0.2) is 0 Å². The Morgan fingerprint density at radius 3 is 1.21 bits per heavy atom. The first kappa shape index (κ1) is 21.1. The summed E-state index contributed by atoms with van der Waals surface area (Å²) >= 11 is 0. The van der Waals surface area contributed by atoms with Crippen LogP contribution in [-0.4, -0.2) is 36.0 Å². The third-order valence-corrected chi connectivity index (χ3v) is 5.42. The van der Waals surface area contributed by atoms with Crippen LogP contribution in [0.25, 0.3) is 0 Å². The largest absolute Gasteiger partial charge is 0.293 e. The van der Waals surface area contributed by atoms with Gasteiger partial charge in [-0.05, 0) is 22.0 Å². The van der Waals surface area contributed by atoms with E-state index in [1.54, 1.807) is 0 Å². The molecule has 0 radical (unpaired) electrons. The van der Waals surface area contributed by atoms with E-state index < -0.39 is 0 Å². The highest BCUT2D eigenvalue weighted by atomic mass is 15.3. The molecule has 1 aliphatic rings. The lowest BCUT2D eigenvalue weighted by Gasteiger charge is -2.50. The highest BCUT2D eigenvalue weighted by Crippen LogP contribution is 2.38. The molecular weight excluding hydrogens is 340 g/mol. The molecule has 1 saturated heterocycles. The lowest BCUT2D eigenvalue weighted by molar-refractivity contribution is -0.00671. The summed E-state index contributed by atoms with van der Waals surface area (Å²) in [5.41, 5.74) is 3.44. The van der Waals surface area contributed by atoms with E-state index >= 15 is 0 Å². The van der Waals surface area contributed by atoms with Gasteiger partial charge in [0.05, 0.1) is 0 Å². The van der Waals surface area contributed by atoms with Gasteiger partial charge in [0, 0.05) is 38.3 Å². The van der Waals surface area contributed by atoms with Crippen LogP contribution >= 0.6 is 0 Å². The van der Waals surface area contributed by atoms with Crippen molar-refractivity contribution < 1.29 is 0 Å². The molecule has 1 heterocycles. The van der Waals surface area contributed by atoms with Crippen molar-refractivity contribution in [3.05, 3.63) is 71.8 Å². The zero-order valence-corrected chi connectivity index (χ0v) is 18.7. The van der Waals surface area contributed by atoms with Crippen LogP contribution in [0.1, 0.15) is 64.8 Å². The number of nitrogens with zero attached hydrogens (tertiary/aromatic N) is 2. The molecule has 1 fully saturated rings. The van der Waals surface area contributed by atoms with Gasteiger partial charge in [-0.15, -0.1) is 0 Å². The predicted molar refractivity (Wildman–Crippen MR) is 120 cm³/mol. The molecule has 0 unspecified atom stereocenters. The summed E-state index contributed by atoms with van der Waals surface area (Å²) in [5, 5.41) is 0. The molecule has 0 aromatic heterocycles. The van der Waals surface area contributed by atoms with Crippen LogP contribution < -0.4 is 0 Å². The Morgan fingerprint density at radius 1 is 0.607 bits per heavy atom. The van der Waals surface area contributed by atoms with Gasteiger partial charge in [0.1, 0.15) is 0 Å². The smallest absolute Gasteiger partial charge is 0.0476 e. The van der Waals surface area contributed by atoms with Crippen molar-refractivity contribution >= 4 is 0 Å². The quantitative estimate of drug-likeness (QED) is 0.627. The SMILES string of the molecule is CC(C)(C)CN1C[C@@H](c2ccccc2)N(CC(C)(C)C)C[C@H]1c1ccccc1. The minimum Gasteiger partial charge on any atom is -0.293 e. The molecule has 0 spiro atoms. The standard InChI is InChI=1S/C26H38N2/c1-25(2,3)19-27-17-24(22-15-11-8-12-16-22)28(20-26(4,5)6)18-23(27)21-13-9-7-10-14-21/h7-16,23-24H,17-20H2,1-6H3/t23-,24-/m0/s1. The average molecular weight is 379 g/mol. The molecule has 28 heavy (non-hydrogen) atoms. The first-order valence-corrected chi connectivity index (χ1v) is 10.7. The van der Waals surface area contributed by atoms with Crippen molar-refractivity contribution in [1.82, 2.24) is 9.80 Å². The summed E-state index contributed by atoms with van der Waals surface area (Å²) in [6, 6.07) is 23.1. The first-order chi connectivity index (χ1) is 13.1. The third-order valence-electron chi connectivity index (χ3n) is 5.42. The summed E-state index contributed by atoms with van der Waals surface area (Å²) in [4.78, 5) is 5.46. The topological polar surface area (TPSA) is 6.48 Å². The lowest BCUT2D eigenvalue weighted by atomic mass is 9.88. The second-order valence-electron chi connectivity index (χ2n) is 10.8. The number of piperazine rings is 1. The fourth-order valence-electron chi connectivity index (χ4n) is 4.48. The molecule has 1 aliphatic heterocycles. The Kier molecular flexibility index (Phi) is 6.31. The van der Waals surface area contributed by atoms with E-state index in [1.807, 2.05) is 0 Å². The van der Waals surface area contributed by atoms with Crippen molar-refractivity contribution in [3.8, 4) is 0 Å². The van der Waals surface area contributed by atoms with Gasteiger partial charge in [-0.1, -0.05) is 102 Å². The fraction of sp³-hybridized carbons (Fsp3) is 0.538. The molecule has 0 saturated carbocycles. The van der Waals surface area contributed by atoms with E-state index in [2.05, 4.69) is 112 Å². The van der Waals surface area contributed by atoms with Crippen molar-refractivity contribution in [2.45, 2.75) is 53.6 Å². The van der Waals surface area contributed by atoms with Crippen LogP contribution in [-0.2, 0) is 0 Å². The maximum Gasteiger partial charge on any atom is 0.0476 e. The second kappa shape index (κ2) is 8.39. The zero-order valence-electron chi connectivity index (χ0n) is 18.7. The Hall–Kier alpha value is -1.64. The average Bonchev–Trinajstić information content (AvgIpc) is 2.62. The Bertz CT molecular complexity index is 659. The molecule has 152 valence electrons. The van der Waals surface area contributed by atoms with Crippen LogP contribution in [0.3, 0.4) is 0 Å². The van der Waals surface area contributed by atoms with Gasteiger partial charge >= 0.3 is 0 Å². The predicted octanol–water partition coefficient (Wildman–Crippen LogP) is 6.18. The maximum absolute atomic E-state index is 2.73. The zero-order chi connectivity index (χ0) is 20.4. The Labute approximate surface area is 172 Å². The van der Waals surface area contributed by atoms with E-state index in [0.29, 0.717) is 12.1 Å².